The number of allylic oxidation sites excluding steroid dienone is 2. The third-order valence-corrected chi connectivity index (χ3v) is 11.1. The van der Waals surface area contributed by atoms with Crippen molar-refractivity contribution in [2.24, 2.45) is 0 Å². The minimum Gasteiger partial charge on any atom is -0.400 e. The Labute approximate surface area is 101 Å². The topological polar surface area (TPSA) is 20.2 Å². The molecule has 0 aromatic rings. The molecule has 0 saturated carbocycles. The summed E-state index contributed by atoms with van der Waals surface area (Å²) in [5.74, 6) is 0. The maximum absolute atomic E-state index is 8.82. The molecule has 0 unspecified atom stereocenters. The Morgan fingerprint density at radius 3 is 2.40 bits per heavy atom. The SMILES string of the molecule is CC=C(C)[SiH2]CC[Si](C)(C)CC[SiH2]CO. The molecule has 0 radical (unpaired) electrons. The summed E-state index contributed by atoms with van der Waals surface area (Å²) in [4.78, 5) is 0. The minimum atomic E-state index is -0.889. The van der Waals surface area contributed by atoms with Crippen LogP contribution in [-0.4, -0.2) is 38.4 Å². The molecule has 4 heteroatoms. The fourth-order valence-corrected chi connectivity index (χ4v) is 12.5. The molecule has 0 aromatic carbocycles. The number of hydrogen-bond acceptors (Lipinski definition) is 1. The molecule has 0 amide bonds. The summed E-state index contributed by atoms with van der Waals surface area (Å²) in [6.45, 7) is 9.51. The van der Waals surface area contributed by atoms with Crippen LogP contribution in [0, 0.1) is 0 Å². The molecule has 0 rings (SSSR count). The van der Waals surface area contributed by atoms with Crippen molar-refractivity contribution in [3.8, 4) is 0 Å². The van der Waals surface area contributed by atoms with E-state index in [1.165, 1.54) is 24.2 Å². The van der Waals surface area contributed by atoms with Crippen LogP contribution in [0.15, 0.2) is 11.3 Å². The largest absolute Gasteiger partial charge is 0.400 e. The molecule has 15 heavy (non-hydrogen) atoms. The fraction of sp³-hybridized carbons (Fsp3) is 0.818. The monoisotopic (exact) mass is 260 g/mol. The molecule has 0 atom stereocenters. The molecule has 1 nitrogen and oxygen atoms in total. The molecule has 0 fully saturated rings. The van der Waals surface area contributed by atoms with E-state index in [4.69, 9.17) is 5.11 Å². The standard InChI is InChI=1S/C11H28OSi3/c1-5-11(2)14-7-9-15(3,4)8-6-13-10-12/h5,12H,6-10,13-14H2,1-4H3. The van der Waals surface area contributed by atoms with Crippen LogP contribution in [0.2, 0.25) is 37.3 Å². The van der Waals surface area contributed by atoms with Crippen molar-refractivity contribution in [2.45, 2.75) is 51.1 Å². The molecule has 0 spiro atoms. The number of rotatable bonds is 8. The van der Waals surface area contributed by atoms with Gasteiger partial charge in [-0.2, -0.15) is 0 Å². The van der Waals surface area contributed by atoms with Gasteiger partial charge in [-0.25, -0.2) is 0 Å². The minimum absolute atomic E-state index is 0.0852. The zero-order valence-corrected chi connectivity index (χ0v) is 14.8. The van der Waals surface area contributed by atoms with Crippen LogP contribution in [0.4, 0.5) is 0 Å². The Bertz CT molecular complexity index is 190. The van der Waals surface area contributed by atoms with Crippen molar-refractivity contribution in [3.63, 3.8) is 0 Å². The van der Waals surface area contributed by atoms with E-state index < -0.39 is 8.07 Å². The van der Waals surface area contributed by atoms with Crippen LogP contribution < -0.4 is 0 Å². The molecule has 0 heterocycles. The first-order valence-corrected chi connectivity index (χ1v) is 13.4. The van der Waals surface area contributed by atoms with Crippen molar-refractivity contribution in [3.05, 3.63) is 11.3 Å². The Morgan fingerprint density at radius 2 is 1.87 bits per heavy atom. The molecule has 0 aliphatic heterocycles. The average molecular weight is 261 g/mol. The highest BCUT2D eigenvalue weighted by Gasteiger charge is 2.19. The summed E-state index contributed by atoms with van der Waals surface area (Å²) in [7, 11) is -0.915. The zero-order chi connectivity index (χ0) is 11.7. The van der Waals surface area contributed by atoms with Gasteiger partial charge < -0.3 is 5.11 Å². The summed E-state index contributed by atoms with van der Waals surface area (Å²) in [6, 6.07) is 5.86. The van der Waals surface area contributed by atoms with E-state index in [1.54, 1.807) is 5.20 Å². The lowest BCUT2D eigenvalue weighted by molar-refractivity contribution is 0.365. The van der Waals surface area contributed by atoms with Crippen LogP contribution >= 0.6 is 0 Å². The highest BCUT2D eigenvalue weighted by molar-refractivity contribution is 6.78. The smallest absolute Gasteiger partial charge is 0.0510 e. The molecular weight excluding hydrogens is 232 g/mol. The van der Waals surface area contributed by atoms with E-state index in [0.717, 1.165) is 0 Å². The van der Waals surface area contributed by atoms with Gasteiger partial charge in [-0.15, -0.1) is 0 Å². The Hall–Kier alpha value is 0.351. The maximum Gasteiger partial charge on any atom is 0.0510 e. The molecular formula is C11H28OSi3. The average Bonchev–Trinajstić information content (AvgIpc) is 2.17. The van der Waals surface area contributed by atoms with Crippen LogP contribution in [0.1, 0.15) is 13.8 Å². The summed E-state index contributed by atoms with van der Waals surface area (Å²) >= 11 is 0. The van der Waals surface area contributed by atoms with E-state index in [-0.39, 0.29) is 19.0 Å². The van der Waals surface area contributed by atoms with E-state index >= 15 is 0 Å². The van der Waals surface area contributed by atoms with E-state index in [2.05, 4.69) is 33.0 Å². The van der Waals surface area contributed by atoms with Crippen molar-refractivity contribution in [1.29, 1.82) is 0 Å². The van der Waals surface area contributed by atoms with Gasteiger partial charge in [0.05, 0.1) is 9.52 Å². The number of aliphatic hydroxyl groups is 1. The highest BCUT2D eigenvalue weighted by atomic mass is 28.3. The van der Waals surface area contributed by atoms with Crippen molar-refractivity contribution < 1.29 is 5.11 Å². The van der Waals surface area contributed by atoms with Crippen LogP contribution in [0.5, 0.6) is 0 Å². The summed E-state index contributed by atoms with van der Waals surface area (Å²) in [5.41, 5.74) is 0. The predicted octanol–water partition coefficient (Wildman–Crippen LogP) is 1.74. The molecule has 0 aromatic heterocycles. The molecule has 1 N–H and O–H groups in total. The van der Waals surface area contributed by atoms with E-state index in [0.29, 0.717) is 6.23 Å². The van der Waals surface area contributed by atoms with Crippen LogP contribution in [0.3, 0.4) is 0 Å². The zero-order valence-electron chi connectivity index (χ0n) is 11.0. The lowest BCUT2D eigenvalue weighted by Gasteiger charge is -2.22. The van der Waals surface area contributed by atoms with Crippen LogP contribution in [0.25, 0.3) is 0 Å². The Kier molecular flexibility index (Phi) is 8.70. The lowest BCUT2D eigenvalue weighted by Crippen LogP contribution is -2.26. The highest BCUT2D eigenvalue weighted by Crippen LogP contribution is 2.20. The summed E-state index contributed by atoms with van der Waals surface area (Å²) in [5, 5.41) is 10.5. The first-order chi connectivity index (χ1) is 7.02. The van der Waals surface area contributed by atoms with Gasteiger partial charge in [0.15, 0.2) is 0 Å². The quantitative estimate of drug-likeness (QED) is 0.521. The summed E-state index contributed by atoms with van der Waals surface area (Å²) < 4.78 is 0. The number of hydrogen-bond donors (Lipinski definition) is 1. The van der Waals surface area contributed by atoms with E-state index in [9.17, 15) is 0 Å². The molecule has 0 aliphatic carbocycles. The first-order valence-electron chi connectivity index (χ1n) is 6.24. The van der Waals surface area contributed by atoms with Crippen molar-refractivity contribution in [1.82, 2.24) is 0 Å². The predicted molar refractivity (Wildman–Crippen MR) is 80.3 cm³/mol. The second-order valence-electron chi connectivity index (χ2n) is 5.33. The Balaban J connectivity index is 3.64. The fourth-order valence-electron chi connectivity index (χ4n) is 1.83. The lowest BCUT2D eigenvalue weighted by atomic mass is 10.6. The van der Waals surface area contributed by atoms with Gasteiger partial charge in [0, 0.05) is 23.8 Å². The Morgan fingerprint density at radius 1 is 1.27 bits per heavy atom. The van der Waals surface area contributed by atoms with Gasteiger partial charge in [0.2, 0.25) is 0 Å². The first kappa shape index (κ1) is 15.4. The molecule has 90 valence electrons. The van der Waals surface area contributed by atoms with Gasteiger partial charge in [-0.3, -0.25) is 0 Å². The van der Waals surface area contributed by atoms with Gasteiger partial charge in [0.1, 0.15) is 0 Å². The van der Waals surface area contributed by atoms with Gasteiger partial charge in [-0.05, 0) is 13.8 Å². The van der Waals surface area contributed by atoms with Gasteiger partial charge in [-0.1, -0.05) is 48.5 Å². The van der Waals surface area contributed by atoms with Gasteiger partial charge in [0.25, 0.3) is 0 Å². The third kappa shape index (κ3) is 9.29. The van der Waals surface area contributed by atoms with Crippen LogP contribution in [-0.2, 0) is 0 Å². The maximum atomic E-state index is 8.82. The van der Waals surface area contributed by atoms with Crippen molar-refractivity contribution >= 4 is 27.1 Å². The van der Waals surface area contributed by atoms with E-state index in [1.807, 2.05) is 0 Å². The third-order valence-electron chi connectivity index (χ3n) is 3.18. The van der Waals surface area contributed by atoms with Crippen molar-refractivity contribution in [2.75, 3.05) is 6.23 Å². The van der Waals surface area contributed by atoms with Gasteiger partial charge >= 0.3 is 0 Å². The summed E-state index contributed by atoms with van der Waals surface area (Å²) in [6.07, 6.45) is 2.80. The molecule has 0 aliphatic rings. The molecule has 0 saturated heterocycles. The normalized spacial score (nSPS) is 14.9. The second-order valence-corrected chi connectivity index (χ2v) is 14.8. The second kappa shape index (κ2) is 8.50. The molecule has 0 bridgehead atoms. The number of aliphatic hydroxyl groups excluding tert-OH is 1.